The molecule has 112 valence electrons. The van der Waals surface area contributed by atoms with Crippen LogP contribution in [0.5, 0.6) is 0 Å². The standard InChI is InChI=1S/C16H24N2O.ClH/c1-12(13-8-4-3-5-9-13)18-15(19)14-10-6-7-11-16(14,2)17;/h3-5,8-9,12,14H,6-7,10-11,17H2,1-2H3,(H,18,19);1H. The molecule has 1 aliphatic carbocycles. The summed E-state index contributed by atoms with van der Waals surface area (Å²) < 4.78 is 0. The molecule has 4 heteroatoms. The van der Waals surface area contributed by atoms with Gasteiger partial charge in [0.25, 0.3) is 0 Å². The van der Waals surface area contributed by atoms with Crippen molar-refractivity contribution in [1.29, 1.82) is 0 Å². The molecule has 0 heterocycles. The Morgan fingerprint density at radius 2 is 2.00 bits per heavy atom. The van der Waals surface area contributed by atoms with Crippen LogP contribution in [0.3, 0.4) is 0 Å². The maximum absolute atomic E-state index is 12.4. The van der Waals surface area contributed by atoms with Crippen LogP contribution in [0, 0.1) is 5.92 Å². The van der Waals surface area contributed by atoms with Gasteiger partial charge in [-0.2, -0.15) is 0 Å². The molecule has 0 spiro atoms. The lowest BCUT2D eigenvalue weighted by molar-refractivity contribution is -0.128. The molecule has 2 rings (SSSR count). The monoisotopic (exact) mass is 296 g/mol. The Kier molecular flexibility index (Phi) is 6.03. The minimum Gasteiger partial charge on any atom is -0.349 e. The molecule has 1 aromatic rings. The van der Waals surface area contributed by atoms with E-state index in [0.29, 0.717) is 0 Å². The van der Waals surface area contributed by atoms with E-state index < -0.39 is 0 Å². The maximum atomic E-state index is 12.4. The van der Waals surface area contributed by atoms with Crippen LogP contribution in [-0.2, 0) is 4.79 Å². The number of hydrogen-bond acceptors (Lipinski definition) is 2. The summed E-state index contributed by atoms with van der Waals surface area (Å²) in [4.78, 5) is 12.4. The zero-order valence-electron chi connectivity index (χ0n) is 12.3. The van der Waals surface area contributed by atoms with Gasteiger partial charge >= 0.3 is 0 Å². The third-order valence-corrected chi connectivity index (χ3v) is 4.23. The average molecular weight is 297 g/mol. The van der Waals surface area contributed by atoms with Gasteiger partial charge < -0.3 is 11.1 Å². The summed E-state index contributed by atoms with van der Waals surface area (Å²) in [5.74, 6) is 0.0356. The van der Waals surface area contributed by atoms with Crippen LogP contribution in [0.15, 0.2) is 30.3 Å². The van der Waals surface area contributed by atoms with Crippen LogP contribution in [0.2, 0.25) is 0 Å². The molecule has 0 aliphatic heterocycles. The van der Waals surface area contributed by atoms with E-state index in [9.17, 15) is 4.79 Å². The first-order valence-electron chi connectivity index (χ1n) is 7.15. The largest absolute Gasteiger partial charge is 0.349 e. The number of halogens is 1. The third kappa shape index (κ3) is 3.97. The maximum Gasteiger partial charge on any atom is 0.225 e. The van der Waals surface area contributed by atoms with Crippen LogP contribution < -0.4 is 11.1 Å². The van der Waals surface area contributed by atoms with Crippen LogP contribution in [0.1, 0.15) is 51.1 Å². The van der Waals surface area contributed by atoms with Crippen molar-refractivity contribution in [3.05, 3.63) is 35.9 Å². The zero-order valence-corrected chi connectivity index (χ0v) is 13.1. The lowest BCUT2D eigenvalue weighted by Gasteiger charge is -2.37. The van der Waals surface area contributed by atoms with E-state index in [2.05, 4.69) is 5.32 Å². The molecule has 1 aromatic carbocycles. The highest BCUT2D eigenvalue weighted by molar-refractivity contribution is 5.85. The Morgan fingerprint density at radius 1 is 1.35 bits per heavy atom. The Balaban J connectivity index is 0.00000200. The first-order chi connectivity index (χ1) is 9.00. The molecule has 3 nitrogen and oxygen atoms in total. The fourth-order valence-corrected chi connectivity index (χ4v) is 2.93. The van der Waals surface area contributed by atoms with Gasteiger partial charge in [0.05, 0.1) is 12.0 Å². The van der Waals surface area contributed by atoms with Gasteiger partial charge in [-0.3, -0.25) is 4.79 Å². The molecule has 0 radical (unpaired) electrons. The number of nitrogens with two attached hydrogens (primary N) is 1. The SMILES string of the molecule is CC(NC(=O)C1CCCCC1(C)N)c1ccccc1.Cl. The van der Waals surface area contributed by atoms with Gasteiger partial charge in [-0.15, -0.1) is 12.4 Å². The van der Waals surface area contributed by atoms with Crippen molar-refractivity contribution in [3.8, 4) is 0 Å². The fourth-order valence-electron chi connectivity index (χ4n) is 2.93. The van der Waals surface area contributed by atoms with Crippen molar-refractivity contribution in [2.75, 3.05) is 0 Å². The van der Waals surface area contributed by atoms with E-state index in [4.69, 9.17) is 5.73 Å². The van der Waals surface area contributed by atoms with E-state index >= 15 is 0 Å². The molecule has 1 saturated carbocycles. The molecule has 3 unspecified atom stereocenters. The first-order valence-corrected chi connectivity index (χ1v) is 7.15. The molecule has 0 aromatic heterocycles. The molecule has 3 atom stereocenters. The van der Waals surface area contributed by atoms with Gasteiger partial charge in [0.2, 0.25) is 5.91 Å². The summed E-state index contributed by atoms with van der Waals surface area (Å²) in [6.07, 6.45) is 4.07. The molecule has 20 heavy (non-hydrogen) atoms. The second-order valence-corrected chi connectivity index (χ2v) is 5.95. The molecular formula is C16H25ClN2O. The zero-order chi connectivity index (χ0) is 13.9. The van der Waals surface area contributed by atoms with E-state index in [1.165, 1.54) is 0 Å². The Morgan fingerprint density at radius 3 is 2.60 bits per heavy atom. The minimum absolute atomic E-state index is 0. The van der Waals surface area contributed by atoms with Crippen molar-refractivity contribution in [2.24, 2.45) is 11.7 Å². The molecule has 3 N–H and O–H groups in total. The van der Waals surface area contributed by atoms with E-state index in [1.54, 1.807) is 0 Å². The second-order valence-electron chi connectivity index (χ2n) is 5.95. The van der Waals surface area contributed by atoms with Crippen molar-refractivity contribution >= 4 is 18.3 Å². The molecule has 0 saturated heterocycles. The van der Waals surface area contributed by atoms with Crippen molar-refractivity contribution < 1.29 is 4.79 Å². The normalized spacial score (nSPS) is 27.2. The predicted molar refractivity (Wildman–Crippen MR) is 84.8 cm³/mol. The summed E-state index contributed by atoms with van der Waals surface area (Å²) in [5, 5.41) is 3.10. The molecule has 1 aliphatic rings. The number of carbonyl (C=O) groups is 1. The highest BCUT2D eigenvalue weighted by Crippen LogP contribution is 2.32. The van der Waals surface area contributed by atoms with Gasteiger partial charge in [0.1, 0.15) is 0 Å². The topological polar surface area (TPSA) is 55.1 Å². The average Bonchev–Trinajstić information content (AvgIpc) is 2.39. The van der Waals surface area contributed by atoms with Crippen molar-refractivity contribution in [1.82, 2.24) is 5.32 Å². The molecule has 0 bridgehead atoms. The van der Waals surface area contributed by atoms with Crippen molar-refractivity contribution in [3.63, 3.8) is 0 Å². The molecule has 1 fully saturated rings. The Hall–Kier alpha value is -1.06. The van der Waals surface area contributed by atoms with Gasteiger partial charge in [0, 0.05) is 5.54 Å². The Bertz CT molecular complexity index is 433. The number of rotatable bonds is 3. The second kappa shape index (κ2) is 7.09. The summed E-state index contributed by atoms with van der Waals surface area (Å²) in [6, 6.07) is 10.1. The van der Waals surface area contributed by atoms with Crippen LogP contribution in [0.4, 0.5) is 0 Å². The van der Waals surface area contributed by atoms with Gasteiger partial charge in [-0.1, -0.05) is 43.2 Å². The van der Waals surface area contributed by atoms with Gasteiger partial charge in [-0.05, 0) is 32.3 Å². The number of carbonyl (C=O) groups excluding carboxylic acids is 1. The first kappa shape index (κ1) is 17.0. The van der Waals surface area contributed by atoms with Crippen molar-refractivity contribution in [2.45, 2.75) is 51.1 Å². The summed E-state index contributed by atoms with van der Waals surface area (Å²) in [5.41, 5.74) is 7.04. The predicted octanol–water partition coefficient (Wildman–Crippen LogP) is 3.19. The lowest BCUT2D eigenvalue weighted by atomic mass is 9.74. The van der Waals surface area contributed by atoms with Gasteiger partial charge in [0.15, 0.2) is 0 Å². The number of amides is 1. The minimum atomic E-state index is -0.362. The number of nitrogens with one attached hydrogen (secondary N) is 1. The lowest BCUT2D eigenvalue weighted by Crippen LogP contribution is -2.53. The third-order valence-electron chi connectivity index (χ3n) is 4.23. The highest BCUT2D eigenvalue weighted by Gasteiger charge is 2.38. The quantitative estimate of drug-likeness (QED) is 0.900. The van der Waals surface area contributed by atoms with Crippen LogP contribution in [-0.4, -0.2) is 11.4 Å². The number of benzene rings is 1. The van der Waals surface area contributed by atoms with E-state index in [0.717, 1.165) is 31.2 Å². The van der Waals surface area contributed by atoms with E-state index in [-0.39, 0.29) is 35.8 Å². The number of hydrogen-bond donors (Lipinski definition) is 2. The summed E-state index contributed by atoms with van der Waals surface area (Å²) in [6.45, 7) is 4.02. The van der Waals surface area contributed by atoms with Crippen LogP contribution >= 0.6 is 12.4 Å². The molecular weight excluding hydrogens is 272 g/mol. The van der Waals surface area contributed by atoms with Gasteiger partial charge in [-0.25, -0.2) is 0 Å². The summed E-state index contributed by atoms with van der Waals surface area (Å²) in [7, 11) is 0. The molecule has 1 amide bonds. The smallest absolute Gasteiger partial charge is 0.225 e. The Labute approximate surface area is 127 Å². The van der Waals surface area contributed by atoms with E-state index in [1.807, 2.05) is 44.2 Å². The summed E-state index contributed by atoms with van der Waals surface area (Å²) >= 11 is 0. The fraction of sp³-hybridized carbons (Fsp3) is 0.562. The highest BCUT2D eigenvalue weighted by atomic mass is 35.5. The van der Waals surface area contributed by atoms with Crippen LogP contribution in [0.25, 0.3) is 0 Å².